The van der Waals surface area contributed by atoms with E-state index < -0.39 is 0 Å². The summed E-state index contributed by atoms with van der Waals surface area (Å²) in [7, 11) is 0. The van der Waals surface area contributed by atoms with Gasteiger partial charge in [0.2, 0.25) is 0 Å². The van der Waals surface area contributed by atoms with Crippen molar-refractivity contribution in [2.24, 2.45) is 0 Å². The zero-order chi connectivity index (χ0) is 10.7. The van der Waals surface area contributed by atoms with Crippen molar-refractivity contribution in [2.75, 3.05) is 5.73 Å². The number of rotatable bonds is 0. The van der Waals surface area contributed by atoms with Crippen LogP contribution in [0.2, 0.25) is 0 Å². The molecule has 0 saturated carbocycles. The van der Waals surface area contributed by atoms with Crippen LogP contribution in [0.1, 0.15) is 34.5 Å². The Balaban J connectivity index is 2.13. The second-order valence-corrected chi connectivity index (χ2v) is 5.93. The molecule has 82 valence electrons. The lowest BCUT2D eigenvalue weighted by molar-refractivity contribution is 0.902. The van der Waals surface area contributed by atoms with Gasteiger partial charge in [0.1, 0.15) is 4.83 Å². The number of hydrogen-bond acceptors (Lipinski definition) is 3. The first-order valence-electron chi connectivity index (χ1n) is 6.06. The Hall–Kier alpha value is -1.09. The largest absolute Gasteiger partial charge is 0.398 e. The van der Waals surface area contributed by atoms with Gasteiger partial charge < -0.3 is 5.73 Å². The third-order valence-electron chi connectivity index (χ3n) is 3.92. The first-order chi connectivity index (χ1) is 7.84. The average molecular weight is 230 g/mol. The molecule has 0 fully saturated rings. The fourth-order valence-electron chi connectivity index (χ4n) is 3.16. The van der Waals surface area contributed by atoms with E-state index in [0.29, 0.717) is 0 Å². The van der Waals surface area contributed by atoms with Gasteiger partial charge in [-0.2, -0.15) is 0 Å². The van der Waals surface area contributed by atoms with Crippen molar-refractivity contribution < 1.29 is 0 Å². The van der Waals surface area contributed by atoms with Gasteiger partial charge in [-0.3, -0.25) is 0 Å². The Morgan fingerprint density at radius 2 is 1.81 bits per heavy atom. The van der Waals surface area contributed by atoms with Crippen LogP contribution in [0.15, 0.2) is 0 Å². The summed E-state index contributed by atoms with van der Waals surface area (Å²) in [6, 6.07) is 0. The highest BCUT2D eigenvalue weighted by atomic mass is 32.1. The molecule has 2 heterocycles. The number of nitrogen functional groups attached to an aromatic ring is 1. The van der Waals surface area contributed by atoms with Gasteiger partial charge in [-0.25, -0.2) is 4.98 Å². The van der Waals surface area contributed by atoms with Crippen LogP contribution in [0.5, 0.6) is 0 Å². The highest BCUT2D eigenvalue weighted by Gasteiger charge is 2.24. The minimum absolute atomic E-state index is 1.05. The molecule has 0 aliphatic heterocycles. The van der Waals surface area contributed by atoms with Crippen molar-refractivity contribution in [1.29, 1.82) is 0 Å². The highest BCUT2D eigenvalue weighted by molar-refractivity contribution is 7.19. The molecule has 0 saturated heterocycles. The number of aryl methyl sites for hydroxylation is 3. The number of nitrogens with two attached hydrogens (primary N) is 1. The molecule has 0 spiro atoms. The molecule has 2 aliphatic carbocycles. The van der Waals surface area contributed by atoms with Gasteiger partial charge in [-0.05, 0) is 49.7 Å². The Bertz CT molecular complexity index is 598. The van der Waals surface area contributed by atoms with Crippen molar-refractivity contribution in [2.45, 2.75) is 38.5 Å². The van der Waals surface area contributed by atoms with Crippen LogP contribution >= 0.6 is 11.3 Å². The second kappa shape index (κ2) is 2.98. The van der Waals surface area contributed by atoms with Gasteiger partial charge in [0, 0.05) is 21.6 Å². The number of fused-ring (bicyclic) bond motifs is 4. The van der Waals surface area contributed by atoms with Gasteiger partial charge in [0.15, 0.2) is 0 Å². The van der Waals surface area contributed by atoms with Crippen molar-refractivity contribution in [3.8, 4) is 0 Å². The van der Waals surface area contributed by atoms with Crippen LogP contribution in [0.25, 0.3) is 10.2 Å². The van der Waals surface area contributed by atoms with Gasteiger partial charge >= 0.3 is 0 Å². The Kier molecular flexibility index (Phi) is 1.67. The van der Waals surface area contributed by atoms with Crippen molar-refractivity contribution in [3.63, 3.8) is 0 Å². The number of aromatic nitrogens is 1. The summed E-state index contributed by atoms with van der Waals surface area (Å²) in [6.07, 6.45) is 7.23. The lowest BCUT2D eigenvalue weighted by Crippen LogP contribution is -1.97. The first kappa shape index (κ1) is 8.99. The molecule has 16 heavy (non-hydrogen) atoms. The standard InChI is InChI=1S/C13H14N2S/c14-12-7-3-1-5-9(7)15-13-11(12)8-4-2-6-10(8)16-13/h1-6H2,(H2,14,15). The molecule has 2 nitrogen and oxygen atoms in total. The summed E-state index contributed by atoms with van der Waals surface area (Å²) in [5.74, 6) is 0. The van der Waals surface area contributed by atoms with Gasteiger partial charge in [0.05, 0.1) is 0 Å². The molecule has 0 amide bonds. The number of anilines is 1. The van der Waals surface area contributed by atoms with E-state index in [-0.39, 0.29) is 0 Å². The highest BCUT2D eigenvalue weighted by Crippen LogP contribution is 2.42. The smallest absolute Gasteiger partial charge is 0.126 e. The van der Waals surface area contributed by atoms with Crippen molar-refractivity contribution in [1.82, 2.24) is 4.98 Å². The second-order valence-electron chi connectivity index (χ2n) is 4.84. The molecule has 3 heteroatoms. The molecule has 2 aromatic heterocycles. The van der Waals surface area contributed by atoms with E-state index in [1.807, 2.05) is 11.3 Å². The monoisotopic (exact) mass is 230 g/mol. The van der Waals surface area contributed by atoms with Crippen molar-refractivity contribution >= 4 is 27.2 Å². The maximum absolute atomic E-state index is 6.35. The molecular formula is C13H14N2S. The van der Waals surface area contributed by atoms with E-state index >= 15 is 0 Å². The van der Waals surface area contributed by atoms with Crippen LogP contribution < -0.4 is 5.73 Å². The lowest BCUT2D eigenvalue weighted by Gasteiger charge is -2.06. The number of pyridine rings is 1. The minimum Gasteiger partial charge on any atom is -0.398 e. The van der Waals surface area contributed by atoms with Gasteiger partial charge in [-0.15, -0.1) is 11.3 Å². The topological polar surface area (TPSA) is 38.9 Å². The predicted octanol–water partition coefficient (Wildman–Crippen LogP) is 2.86. The van der Waals surface area contributed by atoms with Gasteiger partial charge in [-0.1, -0.05) is 0 Å². The van der Waals surface area contributed by atoms with Crippen molar-refractivity contribution in [3.05, 3.63) is 21.7 Å². The van der Waals surface area contributed by atoms with E-state index in [0.717, 1.165) is 18.5 Å². The average Bonchev–Trinajstić information content (AvgIpc) is 2.89. The Labute approximate surface area is 98.5 Å². The lowest BCUT2D eigenvalue weighted by atomic mass is 10.1. The SMILES string of the molecule is Nc1c2c(nc3sc4c(c13)CCC4)CCC2. The van der Waals surface area contributed by atoms with Crippen LogP contribution in [-0.2, 0) is 25.7 Å². The summed E-state index contributed by atoms with van der Waals surface area (Å²) in [6.45, 7) is 0. The summed E-state index contributed by atoms with van der Waals surface area (Å²) in [5, 5.41) is 1.30. The third kappa shape index (κ3) is 0.995. The fraction of sp³-hybridized carbons (Fsp3) is 0.462. The predicted molar refractivity (Wildman–Crippen MR) is 68.1 cm³/mol. The number of hydrogen-bond donors (Lipinski definition) is 1. The van der Waals surface area contributed by atoms with E-state index in [9.17, 15) is 0 Å². The van der Waals surface area contributed by atoms with E-state index in [1.54, 1.807) is 0 Å². The van der Waals surface area contributed by atoms with Crippen LogP contribution in [0, 0.1) is 0 Å². The van der Waals surface area contributed by atoms with E-state index in [1.165, 1.54) is 57.6 Å². The van der Waals surface area contributed by atoms with Crippen LogP contribution in [0.4, 0.5) is 5.69 Å². The molecule has 2 aliphatic rings. The van der Waals surface area contributed by atoms with Gasteiger partial charge in [0.25, 0.3) is 0 Å². The summed E-state index contributed by atoms with van der Waals surface area (Å²) in [5.41, 5.74) is 11.5. The molecular weight excluding hydrogens is 216 g/mol. The number of thiophene rings is 1. The molecule has 2 N–H and O–H groups in total. The maximum atomic E-state index is 6.35. The molecule has 0 atom stereocenters. The fourth-order valence-corrected chi connectivity index (χ4v) is 4.46. The van der Waals surface area contributed by atoms with E-state index in [2.05, 4.69) is 0 Å². The number of nitrogens with zero attached hydrogens (tertiary/aromatic N) is 1. The quantitative estimate of drug-likeness (QED) is 0.756. The molecule has 4 rings (SSSR count). The van der Waals surface area contributed by atoms with Crippen LogP contribution in [0.3, 0.4) is 0 Å². The third-order valence-corrected chi connectivity index (χ3v) is 5.11. The summed E-state index contributed by atoms with van der Waals surface area (Å²) < 4.78 is 0. The zero-order valence-corrected chi connectivity index (χ0v) is 9.99. The first-order valence-corrected chi connectivity index (χ1v) is 6.87. The Morgan fingerprint density at radius 1 is 1.00 bits per heavy atom. The molecule has 2 aromatic rings. The Morgan fingerprint density at radius 3 is 2.75 bits per heavy atom. The minimum atomic E-state index is 1.05. The molecule has 0 unspecified atom stereocenters. The summed E-state index contributed by atoms with van der Waals surface area (Å²) >= 11 is 1.88. The molecule has 0 radical (unpaired) electrons. The van der Waals surface area contributed by atoms with E-state index in [4.69, 9.17) is 10.7 Å². The zero-order valence-electron chi connectivity index (χ0n) is 9.18. The molecule has 0 aromatic carbocycles. The maximum Gasteiger partial charge on any atom is 0.126 e. The van der Waals surface area contributed by atoms with Crippen LogP contribution in [-0.4, -0.2) is 4.98 Å². The summed E-state index contributed by atoms with van der Waals surface area (Å²) in [4.78, 5) is 7.56. The molecule has 0 bridgehead atoms. The normalized spacial score (nSPS) is 18.0.